The molecule has 0 bridgehead atoms. The van der Waals surface area contributed by atoms with Gasteiger partial charge in [-0.05, 0) is 48.4 Å². The van der Waals surface area contributed by atoms with E-state index >= 15 is 0 Å². The number of aromatic nitrogens is 3. The lowest BCUT2D eigenvalue weighted by Crippen LogP contribution is -2.47. The average Bonchev–Trinajstić information content (AvgIpc) is 3.19. The summed E-state index contributed by atoms with van der Waals surface area (Å²) in [5, 5.41) is 6.35. The largest absolute Gasteiger partial charge is 0.457 e. The molecule has 1 aliphatic heterocycles. The van der Waals surface area contributed by atoms with Crippen LogP contribution < -0.4 is 15.4 Å². The number of pyridine rings is 1. The Bertz CT molecular complexity index is 1470. The van der Waals surface area contributed by atoms with Gasteiger partial charge in [0.2, 0.25) is 11.9 Å². The number of ether oxygens (including phenoxy) is 1. The van der Waals surface area contributed by atoms with Crippen molar-refractivity contribution in [1.82, 2.24) is 24.3 Å². The van der Waals surface area contributed by atoms with Crippen LogP contribution in [-0.4, -0.2) is 70.0 Å². The van der Waals surface area contributed by atoms with Gasteiger partial charge in [0.15, 0.2) is 0 Å². The van der Waals surface area contributed by atoms with Gasteiger partial charge >= 0.3 is 0 Å². The number of anilines is 3. The summed E-state index contributed by atoms with van der Waals surface area (Å²) < 4.78 is 8.15. The van der Waals surface area contributed by atoms with Crippen LogP contribution in [0, 0.1) is 0 Å². The second-order valence-electron chi connectivity index (χ2n) is 11.2. The highest BCUT2D eigenvalue weighted by atomic mass is 16.5. The number of aryl methyl sites for hydroxylation is 1. The Labute approximate surface area is 229 Å². The first-order valence-electron chi connectivity index (χ1n) is 13.3. The molecule has 1 amide bonds. The molecule has 0 radical (unpaired) electrons. The Morgan fingerprint density at radius 1 is 0.974 bits per heavy atom. The Morgan fingerprint density at radius 3 is 2.51 bits per heavy atom. The molecule has 1 fully saturated rings. The number of carbonyl (C=O) groups excluding carboxylic acids is 1. The topological polar surface area (TPSA) is 87.5 Å². The molecule has 0 spiro atoms. The quantitative estimate of drug-likeness (QED) is 0.350. The van der Waals surface area contributed by atoms with Crippen LogP contribution in [0.4, 0.5) is 17.5 Å². The molecular weight excluding hydrogens is 490 g/mol. The van der Waals surface area contributed by atoms with Crippen molar-refractivity contribution < 1.29 is 9.53 Å². The number of amides is 1. The molecule has 4 aromatic rings. The van der Waals surface area contributed by atoms with Crippen molar-refractivity contribution >= 4 is 34.4 Å². The maximum Gasteiger partial charge on any atom is 0.239 e. The summed E-state index contributed by atoms with van der Waals surface area (Å²) in [5.74, 6) is 2.39. The predicted octanol–water partition coefficient (Wildman–Crippen LogP) is 4.99. The summed E-state index contributed by atoms with van der Waals surface area (Å²) in [4.78, 5) is 26.1. The van der Waals surface area contributed by atoms with E-state index < -0.39 is 0 Å². The predicted molar refractivity (Wildman–Crippen MR) is 156 cm³/mol. The van der Waals surface area contributed by atoms with Crippen molar-refractivity contribution in [3.05, 3.63) is 66.4 Å². The maximum absolute atomic E-state index is 12.5. The van der Waals surface area contributed by atoms with Gasteiger partial charge in [-0.25, -0.2) is 9.97 Å². The zero-order valence-electron chi connectivity index (χ0n) is 23.4. The van der Waals surface area contributed by atoms with Gasteiger partial charge in [-0.3, -0.25) is 9.69 Å². The highest BCUT2D eigenvalue weighted by Crippen LogP contribution is 2.30. The number of fused-ring (bicyclic) bond motifs is 1. The van der Waals surface area contributed by atoms with Crippen molar-refractivity contribution in [3.63, 3.8) is 0 Å². The molecule has 1 saturated heterocycles. The number of nitrogens with zero attached hydrogens (tertiary/aromatic N) is 5. The molecule has 9 nitrogen and oxygen atoms in total. The number of nitrogens with one attached hydrogen (secondary N) is 2. The summed E-state index contributed by atoms with van der Waals surface area (Å²) in [6.45, 7) is 10.7. The number of hydrogen-bond donors (Lipinski definition) is 2. The normalized spacial score (nSPS) is 14.9. The first kappa shape index (κ1) is 26.6. The number of carbonyl (C=O) groups is 1. The Kier molecular flexibility index (Phi) is 7.54. The third-order valence-electron chi connectivity index (χ3n) is 7.03. The van der Waals surface area contributed by atoms with Crippen molar-refractivity contribution in [2.45, 2.75) is 26.2 Å². The fraction of sp³-hybridized carbons (Fsp3) is 0.367. The second-order valence-corrected chi connectivity index (χ2v) is 11.2. The van der Waals surface area contributed by atoms with E-state index in [0.29, 0.717) is 23.9 Å². The summed E-state index contributed by atoms with van der Waals surface area (Å²) in [7, 11) is 4.09. The first-order valence-corrected chi connectivity index (χ1v) is 13.3. The number of hydrogen-bond acceptors (Lipinski definition) is 7. The van der Waals surface area contributed by atoms with Gasteiger partial charge < -0.3 is 24.8 Å². The molecule has 1 aliphatic rings. The smallest absolute Gasteiger partial charge is 0.239 e. The van der Waals surface area contributed by atoms with Gasteiger partial charge in [-0.1, -0.05) is 32.9 Å². The maximum atomic E-state index is 12.5. The van der Waals surface area contributed by atoms with Gasteiger partial charge in [0.25, 0.3) is 0 Å². The van der Waals surface area contributed by atoms with Gasteiger partial charge in [0, 0.05) is 57.2 Å². The third kappa shape index (κ3) is 6.55. The van der Waals surface area contributed by atoms with E-state index in [1.54, 1.807) is 18.3 Å². The molecule has 39 heavy (non-hydrogen) atoms. The van der Waals surface area contributed by atoms with Crippen molar-refractivity contribution in [3.8, 4) is 11.5 Å². The number of piperazine rings is 1. The summed E-state index contributed by atoms with van der Waals surface area (Å²) in [6.07, 6.45) is 1.63. The van der Waals surface area contributed by atoms with Gasteiger partial charge in [-0.15, -0.1) is 0 Å². The van der Waals surface area contributed by atoms with E-state index in [1.165, 1.54) is 5.56 Å². The average molecular weight is 528 g/mol. The van der Waals surface area contributed by atoms with Crippen LogP contribution in [-0.2, 0) is 17.3 Å². The lowest BCUT2D eigenvalue weighted by molar-refractivity contribution is -0.117. The van der Waals surface area contributed by atoms with Gasteiger partial charge in [0.1, 0.15) is 17.3 Å². The van der Waals surface area contributed by atoms with E-state index in [2.05, 4.69) is 71.4 Å². The minimum absolute atomic E-state index is 0.0660. The Hall–Kier alpha value is -3.95. The van der Waals surface area contributed by atoms with Crippen LogP contribution in [0.15, 0.2) is 60.8 Å². The molecule has 0 aliphatic carbocycles. The SMILES string of the molecule is CN1CCN(CC(=O)Nc2cc(Oc3ccc4c(c3)nc(Nc3cccc(C(C)(C)C)c3)n4C)ccn2)CC1. The molecule has 204 valence electrons. The lowest BCUT2D eigenvalue weighted by atomic mass is 9.87. The van der Waals surface area contributed by atoms with Crippen LogP contribution in [0.3, 0.4) is 0 Å². The van der Waals surface area contributed by atoms with E-state index in [1.807, 2.05) is 35.9 Å². The Morgan fingerprint density at radius 2 is 1.74 bits per heavy atom. The summed E-state index contributed by atoms with van der Waals surface area (Å²) >= 11 is 0. The van der Waals surface area contributed by atoms with Crippen molar-refractivity contribution in [2.24, 2.45) is 7.05 Å². The van der Waals surface area contributed by atoms with Crippen LogP contribution in [0.25, 0.3) is 11.0 Å². The molecule has 2 aromatic carbocycles. The van der Waals surface area contributed by atoms with E-state index in [4.69, 9.17) is 9.72 Å². The minimum atomic E-state index is -0.0767. The molecule has 0 unspecified atom stereocenters. The molecular formula is C30H37N7O2. The van der Waals surface area contributed by atoms with Gasteiger partial charge in [-0.2, -0.15) is 0 Å². The molecule has 5 rings (SSSR count). The zero-order chi connectivity index (χ0) is 27.6. The first-order chi connectivity index (χ1) is 18.6. The molecule has 2 aromatic heterocycles. The van der Waals surface area contributed by atoms with Crippen LogP contribution in [0.1, 0.15) is 26.3 Å². The highest BCUT2D eigenvalue weighted by molar-refractivity contribution is 5.91. The molecule has 2 N–H and O–H groups in total. The minimum Gasteiger partial charge on any atom is -0.457 e. The molecule has 9 heteroatoms. The number of benzene rings is 2. The van der Waals surface area contributed by atoms with Crippen LogP contribution in [0.5, 0.6) is 11.5 Å². The van der Waals surface area contributed by atoms with E-state index in [9.17, 15) is 4.79 Å². The molecule has 0 atom stereocenters. The molecule has 0 saturated carbocycles. The monoisotopic (exact) mass is 527 g/mol. The Balaban J connectivity index is 1.26. The third-order valence-corrected chi connectivity index (χ3v) is 7.03. The number of likely N-dealkylation sites (N-methyl/N-ethyl adjacent to an activating group) is 1. The fourth-order valence-corrected chi connectivity index (χ4v) is 4.62. The second kappa shape index (κ2) is 11.0. The van der Waals surface area contributed by atoms with Gasteiger partial charge in [0.05, 0.1) is 17.6 Å². The molecule has 3 heterocycles. The fourth-order valence-electron chi connectivity index (χ4n) is 4.62. The lowest BCUT2D eigenvalue weighted by Gasteiger charge is -2.31. The standard InChI is InChI=1S/C30H37N7O2/c1-30(2,3)21-7-6-8-22(17-21)32-29-33-25-18-23(9-10-26(25)36(29)5)39-24-11-12-31-27(19-24)34-28(38)20-37-15-13-35(4)14-16-37/h6-12,17-19H,13-16,20H2,1-5H3,(H,32,33)(H,31,34,38). The van der Waals surface area contributed by atoms with Crippen LogP contribution in [0.2, 0.25) is 0 Å². The summed E-state index contributed by atoms with van der Waals surface area (Å²) in [5.41, 5.74) is 4.13. The number of imidazole rings is 1. The summed E-state index contributed by atoms with van der Waals surface area (Å²) in [6, 6.07) is 17.8. The van der Waals surface area contributed by atoms with E-state index in [0.717, 1.165) is 48.8 Å². The zero-order valence-corrected chi connectivity index (χ0v) is 23.4. The van der Waals surface area contributed by atoms with E-state index in [-0.39, 0.29) is 11.3 Å². The van der Waals surface area contributed by atoms with Crippen molar-refractivity contribution in [1.29, 1.82) is 0 Å². The highest BCUT2D eigenvalue weighted by Gasteiger charge is 2.17. The number of rotatable bonds is 7. The van der Waals surface area contributed by atoms with Crippen molar-refractivity contribution in [2.75, 3.05) is 50.4 Å². The van der Waals surface area contributed by atoms with Crippen LogP contribution >= 0.6 is 0 Å².